The van der Waals surface area contributed by atoms with Crippen LogP contribution in [0.5, 0.6) is 0 Å². The predicted molar refractivity (Wildman–Crippen MR) is 62.6 cm³/mol. The second-order valence-corrected chi connectivity index (χ2v) is 4.61. The Morgan fingerprint density at radius 2 is 2.00 bits per heavy atom. The lowest BCUT2D eigenvalue weighted by molar-refractivity contribution is -0.125. The molecular weight excluding hydrogens is 206 g/mol. The maximum Gasteiger partial charge on any atom is 0.260 e. The fourth-order valence-electron chi connectivity index (χ4n) is 1.47. The number of hydrogen-bond acceptors (Lipinski definition) is 2. The average molecular weight is 219 g/mol. The van der Waals surface area contributed by atoms with Gasteiger partial charge in [0.05, 0.1) is 4.91 Å². The largest absolute Gasteiger partial charge is 0.341 e. The van der Waals surface area contributed by atoms with Gasteiger partial charge in [-0.2, -0.15) is 0 Å². The Morgan fingerprint density at radius 1 is 1.27 bits per heavy atom. The predicted octanol–water partition coefficient (Wildman–Crippen LogP) is 2.52. The van der Waals surface area contributed by atoms with Crippen molar-refractivity contribution in [3.05, 3.63) is 41.3 Å². The number of carbonyl (C=O) groups excluding carboxylic acids is 1. The second-order valence-electron chi connectivity index (χ2n) is 3.50. The lowest BCUT2D eigenvalue weighted by atomic mass is 10.2. The fourth-order valence-corrected chi connectivity index (χ4v) is 2.46. The fraction of sp³-hybridized carbons (Fsp3) is 0.250. The van der Waals surface area contributed by atoms with E-state index in [1.165, 1.54) is 0 Å². The van der Waals surface area contributed by atoms with Gasteiger partial charge in [-0.15, -0.1) is 0 Å². The minimum atomic E-state index is 0.134. The van der Waals surface area contributed by atoms with E-state index in [1.54, 1.807) is 16.7 Å². The highest BCUT2D eigenvalue weighted by Crippen LogP contribution is 2.29. The average Bonchev–Trinajstić information content (AvgIpc) is 2.26. The van der Waals surface area contributed by atoms with Gasteiger partial charge in [0.2, 0.25) is 0 Å². The van der Waals surface area contributed by atoms with Gasteiger partial charge in [-0.1, -0.05) is 36.0 Å². The number of likely N-dealkylation sites (N-methyl/N-ethyl adjacent to an activating group) is 1. The van der Waals surface area contributed by atoms with E-state index >= 15 is 0 Å². The Hall–Kier alpha value is -1.22. The number of benzene rings is 1. The molecule has 1 heterocycles. The summed E-state index contributed by atoms with van der Waals surface area (Å²) < 4.78 is 0. The van der Waals surface area contributed by atoms with E-state index in [0.717, 1.165) is 22.8 Å². The van der Waals surface area contributed by atoms with Crippen molar-refractivity contribution >= 4 is 17.7 Å². The molecule has 0 saturated heterocycles. The van der Waals surface area contributed by atoms with Crippen LogP contribution in [-0.4, -0.2) is 24.4 Å². The van der Waals surface area contributed by atoms with Crippen molar-refractivity contribution in [1.29, 1.82) is 0 Å². The molecule has 0 unspecified atom stereocenters. The first-order valence-electron chi connectivity index (χ1n) is 4.96. The van der Waals surface area contributed by atoms with Crippen LogP contribution < -0.4 is 0 Å². The maximum atomic E-state index is 11.8. The van der Waals surface area contributed by atoms with Crippen molar-refractivity contribution in [2.75, 3.05) is 13.6 Å². The molecule has 78 valence electrons. The highest BCUT2D eigenvalue weighted by Gasteiger charge is 2.18. The minimum Gasteiger partial charge on any atom is -0.341 e. The quantitative estimate of drug-likeness (QED) is 0.761. The van der Waals surface area contributed by atoms with Gasteiger partial charge < -0.3 is 4.90 Å². The third-order valence-corrected chi connectivity index (χ3v) is 3.39. The highest BCUT2D eigenvalue weighted by atomic mass is 32.2. The van der Waals surface area contributed by atoms with E-state index < -0.39 is 0 Å². The Bertz CT molecular complexity index is 386. The zero-order valence-electron chi connectivity index (χ0n) is 8.64. The molecule has 2 rings (SSSR count). The SMILES string of the molecule is CN1CCC=C(Sc2ccccc2)C1=O. The summed E-state index contributed by atoms with van der Waals surface area (Å²) in [5.74, 6) is 0.134. The summed E-state index contributed by atoms with van der Waals surface area (Å²) in [5.41, 5.74) is 0. The molecule has 15 heavy (non-hydrogen) atoms. The molecule has 0 bridgehead atoms. The van der Waals surface area contributed by atoms with Crippen LogP contribution in [0, 0.1) is 0 Å². The van der Waals surface area contributed by atoms with Crippen LogP contribution in [0.1, 0.15) is 6.42 Å². The van der Waals surface area contributed by atoms with Gasteiger partial charge in [0.15, 0.2) is 0 Å². The molecule has 2 nitrogen and oxygen atoms in total. The number of thioether (sulfide) groups is 1. The molecule has 0 aliphatic carbocycles. The van der Waals surface area contributed by atoms with E-state index in [-0.39, 0.29) is 5.91 Å². The molecule has 1 aliphatic rings. The summed E-state index contributed by atoms with van der Waals surface area (Å²) in [6.07, 6.45) is 2.98. The van der Waals surface area contributed by atoms with Crippen molar-refractivity contribution < 1.29 is 4.79 Å². The summed E-state index contributed by atoms with van der Waals surface area (Å²) in [4.78, 5) is 15.5. The Morgan fingerprint density at radius 3 is 2.73 bits per heavy atom. The van der Waals surface area contributed by atoms with Gasteiger partial charge in [0.1, 0.15) is 0 Å². The van der Waals surface area contributed by atoms with E-state index in [1.807, 2.05) is 43.5 Å². The third kappa shape index (κ3) is 2.42. The monoisotopic (exact) mass is 219 g/mol. The van der Waals surface area contributed by atoms with E-state index in [0.29, 0.717) is 0 Å². The summed E-state index contributed by atoms with van der Waals surface area (Å²) in [7, 11) is 1.85. The van der Waals surface area contributed by atoms with Gasteiger partial charge in [0.25, 0.3) is 5.91 Å². The summed E-state index contributed by atoms with van der Waals surface area (Å²) in [5, 5.41) is 0. The van der Waals surface area contributed by atoms with Crippen LogP contribution in [0.3, 0.4) is 0 Å². The minimum absolute atomic E-state index is 0.134. The van der Waals surface area contributed by atoms with Crippen molar-refractivity contribution in [3.63, 3.8) is 0 Å². The number of hydrogen-bond donors (Lipinski definition) is 0. The van der Waals surface area contributed by atoms with Gasteiger partial charge in [-0.05, 0) is 18.6 Å². The van der Waals surface area contributed by atoms with Gasteiger partial charge >= 0.3 is 0 Å². The molecule has 3 heteroatoms. The van der Waals surface area contributed by atoms with Gasteiger partial charge in [-0.3, -0.25) is 4.79 Å². The summed E-state index contributed by atoms with van der Waals surface area (Å²) in [6, 6.07) is 9.99. The molecule has 1 amide bonds. The van der Waals surface area contributed by atoms with Crippen molar-refractivity contribution in [2.24, 2.45) is 0 Å². The van der Waals surface area contributed by atoms with Gasteiger partial charge in [-0.25, -0.2) is 0 Å². The van der Waals surface area contributed by atoms with E-state index in [2.05, 4.69) is 0 Å². The van der Waals surface area contributed by atoms with Crippen molar-refractivity contribution in [3.8, 4) is 0 Å². The van der Waals surface area contributed by atoms with Crippen LogP contribution in [0.25, 0.3) is 0 Å². The zero-order chi connectivity index (χ0) is 10.7. The van der Waals surface area contributed by atoms with Crippen LogP contribution in [0.4, 0.5) is 0 Å². The summed E-state index contributed by atoms with van der Waals surface area (Å²) >= 11 is 1.55. The molecule has 1 aliphatic heterocycles. The van der Waals surface area contributed by atoms with Crippen LogP contribution in [-0.2, 0) is 4.79 Å². The van der Waals surface area contributed by atoms with E-state index in [9.17, 15) is 4.79 Å². The number of amides is 1. The molecular formula is C12H13NOS. The molecule has 1 aromatic carbocycles. The molecule has 0 spiro atoms. The third-order valence-electron chi connectivity index (χ3n) is 2.32. The first kappa shape index (κ1) is 10.3. The first-order valence-corrected chi connectivity index (χ1v) is 5.77. The lowest BCUT2D eigenvalue weighted by Gasteiger charge is -2.22. The molecule has 0 N–H and O–H groups in total. The molecule has 0 saturated carbocycles. The Balaban J connectivity index is 2.13. The first-order chi connectivity index (χ1) is 7.27. The highest BCUT2D eigenvalue weighted by molar-refractivity contribution is 8.04. The molecule has 0 fully saturated rings. The molecule has 1 aromatic rings. The van der Waals surface area contributed by atoms with E-state index in [4.69, 9.17) is 0 Å². The smallest absolute Gasteiger partial charge is 0.260 e. The normalized spacial score (nSPS) is 16.5. The van der Waals surface area contributed by atoms with Crippen LogP contribution in [0.15, 0.2) is 46.2 Å². The van der Waals surface area contributed by atoms with Crippen molar-refractivity contribution in [1.82, 2.24) is 4.90 Å². The summed E-state index contributed by atoms with van der Waals surface area (Å²) in [6.45, 7) is 0.831. The van der Waals surface area contributed by atoms with Crippen LogP contribution in [0.2, 0.25) is 0 Å². The number of carbonyl (C=O) groups is 1. The Kier molecular flexibility index (Phi) is 3.11. The number of nitrogens with zero attached hydrogens (tertiary/aromatic N) is 1. The molecule has 0 aromatic heterocycles. The molecule has 0 radical (unpaired) electrons. The molecule has 0 atom stereocenters. The van der Waals surface area contributed by atoms with Crippen molar-refractivity contribution in [2.45, 2.75) is 11.3 Å². The lowest BCUT2D eigenvalue weighted by Crippen LogP contribution is -2.31. The maximum absolute atomic E-state index is 11.8. The number of rotatable bonds is 2. The van der Waals surface area contributed by atoms with Crippen LogP contribution >= 0.6 is 11.8 Å². The second kappa shape index (κ2) is 4.53. The topological polar surface area (TPSA) is 20.3 Å². The zero-order valence-corrected chi connectivity index (χ0v) is 9.46. The van der Waals surface area contributed by atoms with Gasteiger partial charge in [0, 0.05) is 18.5 Å². The standard InChI is InChI=1S/C12H13NOS/c1-13-9-5-8-11(12(13)14)15-10-6-3-2-4-7-10/h2-4,6-8H,5,9H2,1H3. The Labute approximate surface area is 94.0 Å².